The van der Waals surface area contributed by atoms with E-state index in [2.05, 4.69) is 0 Å². The molecule has 0 saturated carbocycles. The van der Waals surface area contributed by atoms with Crippen molar-refractivity contribution < 1.29 is 37.9 Å². The highest BCUT2D eigenvalue weighted by Crippen LogP contribution is 2.32. The van der Waals surface area contributed by atoms with Crippen LogP contribution in [-0.2, 0) is 0 Å². The van der Waals surface area contributed by atoms with Crippen LogP contribution in [0.1, 0.15) is 25.7 Å². The molecule has 0 unspecified atom stereocenters. The Morgan fingerprint density at radius 1 is 0.197 bits per heavy atom. The van der Waals surface area contributed by atoms with Gasteiger partial charge in [0.2, 0.25) is 0 Å². The molecule has 25 aliphatic heterocycles. The van der Waals surface area contributed by atoms with E-state index in [0.29, 0.717) is 125 Å². The quantitative estimate of drug-likeness (QED) is 0.131. The summed E-state index contributed by atoms with van der Waals surface area (Å²) in [5.74, 6) is 5.41. The third kappa shape index (κ3) is 9.87. The van der Waals surface area contributed by atoms with E-state index >= 15 is 0 Å². The Balaban J connectivity index is 0.680. The molecule has 0 fully saturated rings. The van der Waals surface area contributed by atoms with Gasteiger partial charge in [-0.25, -0.2) is 0 Å². The zero-order chi connectivity index (χ0) is 50.6. The van der Waals surface area contributed by atoms with E-state index in [9.17, 15) is 0 Å². The van der Waals surface area contributed by atoms with Gasteiger partial charge in [0, 0.05) is 68.8 Å². The average Bonchev–Trinajstić information content (AvgIpc) is 3.48. The number of aromatic nitrogens is 8. The molecule has 8 aromatic heterocycles. The van der Waals surface area contributed by atoms with Gasteiger partial charge in [-0.05, 0) is 48.5 Å². The van der Waals surface area contributed by atoms with Gasteiger partial charge < -0.3 is 37.9 Å². The fourth-order valence-corrected chi connectivity index (χ4v) is 9.40. The van der Waals surface area contributed by atoms with E-state index in [-0.39, 0.29) is 0 Å². The third-order valence-corrected chi connectivity index (χ3v) is 13.1. The zero-order valence-electron chi connectivity index (χ0n) is 41.2. The molecule has 33 heterocycles. The van der Waals surface area contributed by atoms with E-state index in [4.69, 9.17) is 77.8 Å². The maximum atomic E-state index is 6.08. The van der Waals surface area contributed by atoms with Crippen molar-refractivity contribution in [3.8, 4) is 46.0 Å². The smallest absolute Gasteiger partial charge is 0.138 e. The van der Waals surface area contributed by atoms with Crippen molar-refractivity contribution >= 4 is 87.2 Å². The lowest BCUT2D eigenvalue weighted by Crippen LogP contribution is -2.06. The first-order valence-corrected chi connectivity index (χ1v) is 25.4. The van der Waals surface area contributed by atoms with Gasteiger partial charge in [-0.2, -0.15) is 0 Å². The molecule has 376 valence electrons. The van der Waals surface area contributed by atoms with Gasteiger partial charge in [0.1, 0.15) is 46.0 Å². The Labute approximate surface area is 434 Å². The highest BCUT2D eigenvalue weighted by atomic mass is 16.5. The summed E-state index contributed by atoms with van der Waals surface area (Å²) in [4.78, 5) is 37.8. The van der Waals surface area contributed by atoms with Crippen LogP contribution < -0.4 is 37.9 Å². The van der Waals surface area contributed by atoms with E-state index < -0.39 is 0 Å². The van der Waals surface area contributed by atoms with Gasteiger partial charge in [-0.15, -0.1) is 0 Å². The van der Waals surface area contributed by atoms with E-state index in [1.54, 1.807) is 49.6 Å². The number of hydrogen-bond acceptors (Lipinski definition) is 16. The molecular formula is C60H48N8O8. The molecule has 25 aliphatic rings. The van der Waals surface area contributed by atoms with Gasteiger partial charge in [-0.3, -0.25) is 39.9 Å². The molecule has 76 heavy (non-hydrogen) atoms. The molecule has 0 N–H and O–H groups in total. The maximum Gasteiger partial charge on any atom is 0.138 e. The number of nitrogens with zero attached hydrogens (tertiary/aromatic N) is 8. The van der Waals surface area contributed by atoms with Crippen molar-refractivity contribution in [2.75, 3.05) is 52.9 Å². The second-order valence-electron chi connectivity index (χ2n) is 18.4. The molecule has 0 atom stereocenters. The molecular weight excluding hydrogens is 961 g/mol. The van der Waals surface area contributed by atoms with Crippen molar-refractivity contribution in [2.45, 2.75) is 25.7 Å². The molecule has 0 spiro atoms. The minimum atomic E-state index is 0.457. The Hall–Kier alpha value is -9.44. The first kappa shape index (κ1) is 46.4. The van der Waals surface area contributed by atoms with Crippen LogP contribution in [0.4, 0.5) is 0 Å². The topological polar surface area (TPSA) is 177 Å². The molecule has 0 amide bonds. The van der Waals surface area contributed by atoms with Crippen LogP contribution >= 0.6 is 0 Å². The second-order valence-corrected chi connectivity index (χ2v) is 18.4. The summed E-state index contributed by atoms with van der Waals surface area (Å²) in [5.41, 5.74) is 6.34. The van der Waals surface area contributed by atoms with Gasteiger partial charge in [-0.1, -0.05) is 48.5 Å². The highest BCUT2D eigenvalue weighted by molar-refractivity contribution is 6.06. The minimum Gasteiger partial charge on any atom is -0.492 e. The first-order valence-electron chi connectivity index (χ1n) is 25.4. The second kappa shape index (κ2) is 20.8. The summed E-state index contributed by atoms with van der Waals surface area (Å²) in [6, 6.07) is 32.1. The predicted molar refractivity (Wildman–Crippen MR) is 291 cm³/mol. The van der Waals surface area contributed by atoms with Crippen molar-refractivity contribution in [3.05, 3.63) is 147 Å². The van der Waals surface area contributed by atoms with Crippen molar-refractivity contribution in [3.63, 3.8) is 0 Å². The molecule has 16 nitrogen and oxygen atoms in total. The lowest BCUT2D eigenvalue weighted by Gasteiger charge is -2.11. The van der Waals surface area contributed by atoms with E-state index in [1.165, 1.54) is 0 Å². The molecule has 0 saturated heterocycles. The first-order chi connectivity index (χ1) is 37.6. The molecule has 4 aromatic carbocycles. The summed E-state index contributed by atoms with van der Waals surface area (Å²) >= 11 is 0. The fraction of sp³-hybridized carbons (Fsp3) is 0.200. The van der Waals surface area contributed by atoms with Gasteiger partial charge in [0.05, 0.1) is 147 Å². The Bertz CT molecular complexity index is 3360. The fourth-order valence-electron chi connectivity index (χ4n) is 9.40. The zero-order valence-corrected chi connectivity index (χ0v) is 41.2. The van der Waals surface area contributed by atoms with Crippen LogP contribution in [0.15, 0.2) is 147 Å². The SMILES string of the molecule is c1nc2c3ccc4cc(cnc42)OCCCOc2cnc4c(ccc5cc(cnc54)OCCCOc4cnc5c(ccc6cc(cnc65)OCCCOc5cnc6c(ccc7cc(cnc76)OCCCOc1c3)c5)c4)c2. The number of rotatable bonds is 0. The molecule has 12 aromatic rings. The summed E-state index contributed by atoms with van der Waals surface area (Å²) in [7, 11) is 0. The lowest BCUT2D eigenvalue weighted by atomic mass is 10.1. The van der Waals surface area contributed by atoms with E-state index in [0.717, 1.165) is 87.2 Å². The van der Waals surface area contributed by atoms with Crippen LogP contribution in [0, 0.1) is 0 Å². The molecule has 37 rings (SSSR count). The number of ether oxygens (including phenoxy) is 8. The van der Waals surface area contributed by atoms with Crippen molar-refractivity contribution in [2.24, 2.45) is 0 Å². The lowest BCUT2D eigenvalue weighted by molar-refractivity contribution is 0.246. The summed E-state index contributed by atoms with van der Waals surface area (Å²) in [6.07, 6.45) is 16.5. The Morgan fingerprint density at radius 2 is 0.329 bits per heavy atom. The van der Waals surface area contributed by atoms with Crippen molar-refractivity contribution in [1.29, 1.82) is 0 Å². The molecule has 16 heteroatoms. The van der Waals surface area contributed by atoms with Crippen LogP contribution in [0.3, 0.4) is 0 Å². The molecule has 0 aliphatic carbocycles. The maximum absolute atomic E-state index is 6.08. The van der Waals surface area contributed by atoms with Crippen molar-refractivity contribution in [1.82, 2.24) is 39.9 Å². The minimum absolute atomic E-state index is 0.457. The summed E-state index contributed by atoms with van der Waals surface area (Å²) in [5, 5.41) is 7.47. The van der Waals surface area contributed by atoms with Crippen LogP contribution in [0.5, 0.6) is 46.0 Å². The number of hydrogen-bond donors (Lipinski definition) is 0. The van der Waals surface area contributed by atoms with E-state index in [1.807, 2.05) is 97.1 Å². The largest absolute Gasteiger partial charge is 0.492 e. The van der Waals surface area contributed by atoms with Gasteiger partial charge in [0.25, 0.3) is 0 Å². The predicted octanol–water partition coefficient (Wildman–Crippen LogP) is 11.8. The van der Waals surface area contributed by atoms with Gasteiger partial charge in [0.15, 0.2) is 0 Å². The molecule has 24 bridgehead atoms. The number of benzene rings is 4. The summed E-state index contributed by atoms with van der Waals surface area (Å²) in [6.45, 7) is 3.66. The highest BCUT2D eigenvalue weighted by Gasteiger charge is 2.13. The average molecular weight is 1010 g/mol. The summed E-state index contributed by atoms with van der Waals surface area (Å²) < 4.78 is 48.7. The molecule has 0 radical (unpaired) electrons. The van der Waals surface area contributed by atoms with Crippen LogP contribution in [-0.4, -0.2) is 92.7 Å². The Morgan fingerprint density at radius 3 is 0.461 bits per heavy atom. The Kier molecular flexibility index (Phi) is 12.7. The third-order valence-electron chi connectivity index (χ3n) is 13.1. The standard InChI is InChI=1S/C60H48N8O8/c1-13-69-45-21-37-5-7-39-23-47(31-63-55(39)53(37)61-29-45)71-15-2-17-73-49-25-41-9-11-43-27-51(35-67-59(43)57(41)65-33-49)75-19-4-20-76-52-28-44-12-10-42-26-50(34-66-58(42)60(44)68-36-52)74-18-3-16-72-48-24-40-8-6-38-22-46(70-14-1)30-62-54(38)56(40)64-32-48/h5-12,21-36H,1-4,13-20H2. The number of pyridine rings is 8. The normalized spacial score (nSPS) is 14.5. The monoisotopic (exact) mass is 1010 g/mol. The van der Waals surface area contributed by atoms with Gasteiger partial charge >= 0.3 is 0 Å². The van der Waals surface area contributed by atoms with Crippen LogP contribution in [0.2, 0.25) is 0 Å². The van der Waals surface area contributed by atoms with Crippen LogP contribution in [0.25, 0.3) is 87.2 Å².